The summed E-state index contributed by atoms with van der Waals surface area (Å²) >= 11 is 0. The minimum absolute atomic E-state index is 0.369. The van der Waals surface area contributed by atoms with Crippen LogP contribution in [0.25, 0.3) is 0 Å². The van der Waals surface area contributed by atoms with Crippen LogP contribution in [0.15, 0.2) is 24.3 Å². The van der Waals surface area contributed by atoms with E-state index in [0.29, 0.717) is 17.9 Å². The normalized spacial score (nSPS) is 14.8. The highest BCUT2D eigenvalue weighted by Crippen LogP contribution is 2.24. The molecule has 0 aliphatic rings. The molecule has 0 radical (unpaired) electrons. The van der Waals surface area contributed by atoms with E-state index in [2.05, 4.69) is 50.4 Å². The van der Waals surface area contributed by atoms with E-state index in [1.165, 1.54) is 11.1 Å². The summed E-state index contributed by atoms with van der Waals surface area (Å²) in [6, 6.07) is 9.37. The standard InChI is InChI=1S/C16H28N2/c1-5-14(11-17)16(18-4)15-8-6-13(7-9-15)10-12(2)3/h6-9,12,14,16,18H,5,10-11,17H2,1-4H3. The van der Waals surface area contributed by atoms with Crippen molar-refractivity contribution in [2.75, 3.05) is 13.6 Å². The highest BCUT2D eigenvalue weighted by molar-refractivity contribution is 5.26. The molecule has 0 aliphatic carbocycles. The second kappa shape index (κ2) is 7.55. The van der Waals surface area contributed by atoms with Crippen LogP contribution in [-0.4, -0.2) is 13.6 Å². The average molecular weight is 248 g/mol. The van der Waals surface area contributed by atoms with Crippen molar-refractivity contribution in [2.24, 2.45) is 17.6 Å². The van der Waals surface area contributed by atoms with Crippen LogP contribution in [0.5, 0.6) is 0 Å². The molecule has 0 aromatic heterocycles. The topological polar surface area (TPSA) is 38.0 Å². The van der Waals surface area contributed by atoms with E-state index in [1.807, 2.05) is 7.05 Å². The minimum Gasteiger partial charge on any atom is -0.330 e. The molecule has 1 aromatic rings. The average Bonchev–Trinajstić information content (AvgIpc) is 2.36. The van der Waals surface area contributed by atoms with Crippen LogP contribution in [0.3, 0.4) is 0 Å². The van der Waals surface area contributed by atoms with Gasteiger partial charge in [-0.05, 0) is 43.0 Å². The van der Waals surface area contributed by atoms with Crippen LogP contribution in [0.2, 0.25) is 0 Å². The fourth-order valence-electron chi connectivity index (χ4n) is 2.55. The third-order valence-corrected chi connectivity index (χ3v) is 3.59. The van der Waals surface area contributed by atoms with E-state index in [1.54, 1.807) is 0 Å². The number of rotatable bonds is 7. The molecule has 2 atom stereocenters. The largest absolute Gasteiger partial charge is 0.330 e. The van der Waals surface area contributed by atoms with Crippen molar-refractivity contribution >= 4 is 0 Å². The molecule has 1 aromatic carbocycles. The van der Waals surface area contributed by atoms with Crippen LogP contribution in [0.1, 0.15) is 44.4 Å². The summed E-state index contributed by atoms with van der Waals surface area (Å²) in [6.45, 7) is 7.45. The lowest BCUT2D eigenvalue weighted by Gasteiger charge is -2.25. The van der Waals surface area contributed by atoms with Crippen LogP contribution in [-0.2, 0) is 6.42 Å². The Labute approximate surface area is 112 Å². The molecule has 102 valence electrons. The predicted octanol–water partition coefficient (Wildman–Crippen LogP) is 3.13. The second-order valence-corrected chi connectivity index (χ2v) is 5.51. The van der Waals surface area contributed by atoms with Gasteiger partial charge < -0.3 is 11.1 Å². The van der Waals surface area contributed by atoms with Gasteiger partial charge in [0, 0.05) is 6.04 Å². The Balaban J connectivity index is 2.81. The molecule has 0 aliphatic heterocycles. The van der Waals surface area contributed by atoms with Gasteiger partial charge in [-0.1, -0.05) is 51.5 Å². The van der Waals surface area contributed by atoms with Gasteiger partial charge >= 0.3 is 0 Å². The lowest BCUT2D eigenvalue weighted by molar-refractivity contribution is 0.378. The SMILES string of the molecule is CCC(CN)C(NC)c1ccc(CC(C)C)cc1. The first-order valence-electron chi connectivity index (χ1n) is 7.08. The molecule has 2 unspecified atom stereocenters. The zero-order chi connectivity index (χ0) is 13.5. The molecule has 0 amide bonds. The smallest absolute Gasteiger partial charge is 0.0358 e. The van der Waals surface area contributed by atoms with E-state index in [-0.39, 0.29) is 0 Å². The number of benzene rings is 1. The second-order valence-electron chi connectivity index (χ2n) is 5.51. The Hall–Kier alpha value is -0.860. The van der Waals surface area contributed by atoms with Crippen LogP contribution in [0, 0.1) is 11.8 Å². The van der Waals surface area contributed by atoms with Crippen molar-refractivity contribution in [3.8, 4) is 0 Å². The summed E-state index contributed by atoms with van der Waals surface area (Å²) in [5.41, 5.74) is 8.62. The van der Waals surface area contributed by atoms with Crippen LogP contribution in [0.4, 0.5) is 0 Å². The van der Waals surface area contributed by atoms with Crippen molar-refractivity contribution < 1.29 is 0 Å². The molecule has 0 bridgehead atoms. The van der Waals surface area contributed by atoms with Gasteiger partial charge in [0.05, 0.1) is 0 Å². The van der Waals surface area contributed by atoms with Gasteiger partial charge in [0.2, 0.25) is 0 Å². The lowest BCUT2D eigenvalue weighted by Crippen LogP contribution is -2.30. The summed E-state index contributed by atoms with van der Waals surface area (Å²) in [5.74, 6) is 1.22. The fraction of sp³-hybridized carbons (Fsp3) is 0.625. The Bertz CT molecular complexity index is 325. The molecule has 1 rings (SSSR count). The Kier molecular flexibility index (Phi) is 6.37. The summed E-state index contributed by atoms with van der Waals surface area (Å²) in [7, 11) is 2.02. The monoisotopic (exact) mass is 248 g/mol. The van der Waals surface area contributed by atoms with Crippen molar-refractivity contribution in [1.82, 2.24) is 5.32 Å². The number of hydrogen-bond acceptors (Lipinski definition) is 2. The third kappa shape index (κ3) is 4.11. The zero-order valence-corrected chi connectivity index (χ0v) is 12.2. The molecule has 18 heavy (non-hydrogen) atoms. The summed E-state index contributed by atoms with van der Waals surface area (Å²) in [4.78, 5) is 0. The molecule has 3 N–H and O–H groups in total. The molecule has 0 spiro atoms. The van der Waals surface area contributed by atoms with E-state index < -0.39 is 0 Å². The van der Waals surface area contributed by atoms with Crippen molar-refractivity contribution in [1.29, 1.82) is 0 Å². The first-order chi connectivity index (χ1) is 8.62. The van der Waals surface area contributed by atoms with Crippen LogP contribution >= 0.6 is 0 Å². The van der Waals surface area contributed by atoms with E-state index in [0.717, 1.165) is 19.4 Å². The Morgan fingerprint density at radius 2 is 1.78 bits per heavy atom. The van der Waals surface area contributed by atoms with Gasteiger partial charge in [0.15, 0.2) is 0 Å². The maximum Gasteiger partial charge on any atom is 0.0358 e. The summed E-state index contributed by atoms with van der Waals surface area (Å²) < 4.78 is 0. The maximum atomic E-state index is 5.85. The van der Waals surface area contributed by atoms with E-state index in [9.17, 15) is 0 Å². The molecule has 0 saturated heterocycles. The Morgan fingerprint density at radius 3 is 2.17 bits per heavy atom. The zero-order valence-electron chi connectivity index (χ0n) is 12.2. The first kappa shape index (κ1) is 15.2. The summed E-state index contributed by atoms with van der Waals surface area (Å²) in [5, 5.41) is 3.40. The number of hydrogen-bond donors (Lipinski definition) is 2. The van der Waals surface area contributed by atoms with E-state index in [4.69, 9.17) is 5.73 Å². The predicted molar refractivity (Wildman–Crippen MR) is 79.6 cm³/mol. The highest BCUT2D eigenvalue weighted by atomic mass is 14.9. The third-order valence-electron chi connectivity index (χ3n) is 3.59. The maximum absolute atomic E-state index is 5.85. The molecule has 0 fully saturated rings. The molecular formula is C16H28N2. The van der Waals surface area contributed by atoms with Crippen molar-refractivity contribution in [3.63, 3.8) is 0 Å². The fourth-order valence-corrected chi connectivity index (χ4v) is 2.55. The van der Waals surface area contributed by atoms with Gasteiger partial charge in [-0.25, -0.2) is 0 Å². The van der Waals surface area contributed by atoms with Gasteiger partial charge in [-0.15, -0.1) is 0 Å². The Morgan fingerprint density at radius 1 is 1.17 bits per heavy atom. The van der Waals surface area contributed by atoms with Crippen LogP contribution < -0.4 is 11.1 Å². The lowest BCUT2D eigenvalue weighted by atomic mass is 9.90. The van der Waals surface area contributed by atoms with E-state index >= 15 is 0 Å². The summed E-state index contributed by atoms with van der Waals surface area (Å²) in [6.07, 6.45) is 2.26. The van der Waals surface area contributed by atoms with Gasteiger partial charge in [-0.3, -0.25) is 0 Å². The van der Waals surface area contributed by atoms with Crippen molar-refractivity contribution in [2.45, 2.75) is 39.7 Å². The van der Waals surface area contributed by atoms with Gasteiger partial charge in [0.25, 0.3) is 0 Å². The molecule has 2 heteroatoms. The number of nitrogens with two attached hydrogens (primary N) is 1. The molecule has 0 saturated carbocycles. The first-order valence-corrected chi connectivity index (χ1v) is 7.08. The van der Waals surface area contributed by atoms with Crippen molar-refractivity contribution in [3.05, 3.63) is 35.4 Å². The quantitative estimate of drug-likeness (QED) is 0.778. The van der Waals surface area contributed by atoms with Gasteiger partial charge in [-0.2, -0.15) is 0 Å². The van der Waals surface area contributed by atoms with Gasteiger partial charge in [0.1, 0.15) is 0 Å². The molecule has 2 nitrogen and oxygen atoms in total. The molecular weight excluding hydrogens is 220 g/mol. The number of nitrogens with one attached hydrogen (secondary N) is 1. The molecule has 0 heterocycles. The highest BCUT2D eigenvalue weighted by Gasteiger charge is 2.18. The minimum atomic E-state index is 0.369.